The van der Waals surface area contributed by atoms with Crippen molar-refractivity contribution in [2.45, 2.75) is 437 Å². The van der Waals surface area contributed by atoms with Crippen LogP contribution in [0.3, 0.4) is 0 Å². The molecule has 0 spiro atoms. The Kier molecular flexibility index (Phi) is 72.7. The quantitative estimate of drug-likeness (QED) is 0.0373. The number of hydrogen-bond acceptors (Lipinski definition) is 5. The number of carbonyl (C=O) groups excluding carboxylic acids is 2. The Bertz CT molecular complexity index is 1320. The van der Waals surface area contributed by atoms with Gasteiger partial charge < -0.3 is 14.6 Å². The van der Waals surface area contributed by atoms with Gasteiger partial charge in [0.15, 0.2) is 6.10 Å². The zero-order chi connectivity index (χ0) is 59.8. The van der Waals surface area contributed by atoms with Crippen molar-refractivity contribution in [3.05, 3.63) is 36.5 Å². The Morgan fingerprint density at radius 3 is 0.723 bits per heavy atom. The minimum absolute atomic E-state index is 0.0595. The highest BCUT2D eigenvalue weighted by molar-refractivity contribution is 5.70. The molecule has 1 atom stereocenters. The molecular formula is C78H148O5. The number of allylic oxidation sites excluding steroid dienone is 6. The molecule has 0 heterocycles. The van der Waals surface area contributed by atoms with Crippen LogP contribution in [0.25, 0.3) is 0 Å². The highest BCUT2D eigenvalue weighted by atomic mass is 16.6. The lowest BCUT2D eigenvalue weighted by Gasteiger charge is -2.15. The van der Waals surface area contributed by atoms with Crippen molar-refractivity contribution in [3.63, 3.8) is 0 Å². The Morgan fingerprint density at radius 2 is 0.482 bits per heavy atom. The second kappa shape index (κ2) is 74.4. The van der Waals surface area contributed by atoms with Gasteiger partial charge in [-0.25, -0.2) is 0 Å². The van der Waals surface area contributed by atoms with Gasteiger partial charge in [0.1, 0.15) is 6.61 Å². The third kappa shape index (κ3) is 72.5. The minimum atomic E-state index is -0.771. The summed E-state index contributed by atoms with van der Waals surface area (Å²) < 4.78 is 10.8. The number of aliphatic hydroxyl groups is 1. The van der Waals surface area contributed by atoms with Crippen LogP contribution in [0.4, 0.5) is 0 Å². The van der Waals surface area contributed by atoms with Gasteiger partial charge in [0.05, 0.1) is 6.61 Å². The predicted octanol–water partition coefficient (Wildman–Crippen LogP) is 26.5. The van der Waals surface area contributed by atoms with Gasteiger partial charge in [-0.1, -0.05) is 403 Å². The van der Waals surface area contributed by atoms with Gasteiger partial charge in [0.25, 0.3) is 0 Å². The second-order valence-corrected chi connectivity index (χ2v) is 26.1. The van der Waals surface area contributed by atoms with Crippen molar-refractivity contribution in [2.75, 3.05) is 13.2 Å². The average Bonchev–Trinajstić information content (AvgIpc) is 3.49. The minimum Gasteiger partial charge on any atom is -0.462 e. The summed E-state index contributed by atoms with van der Waals surface area (Å²) in [5, 5.41) is 9.72. The van der Waals surface area contributed by atoms with Crippen LogP contribution in [0.15, 0.2) is 36.5 Å². The maximum atomic E-state index is 12.4. The maximum Gasteiger partial charge on any atom is 0.306 e. The summed E-state index contributed by atoms with van der Waals surface area (Å²) in [5.41, 5.74) is 0. The molecule has 0 aliphatic carbocycles. The van der Waals surface area contributed by atoms with Crippen molar-refractivity contribution in [2.24, 2.45) is 0 Å². The van der Waals surface area contributed by atoms with Crippen LogP contribution in [0.2, 0.25) is 0 Å². The Hall–Kier alpha value is -1.88. The number of unbranched alkanes of at least 4 members (excludes halogenated alkanes) is 58. The molecule has 1 N–H and O–H groups in total. The van der Waals surface area contributed by atoms with E-state index in [-0.39, 0.29) is 25.2 Å². The van der Waals surface area contributed by atoms with E-state index in [1.165, 1.54) is 360 Å². The molecule has 5 heteroatoms. The first kappa shape index (κ1) is 81.1. The fourth-order valence-electron chi connectivity index (χ4n) is 12.0. The number of rotatable bonds is 72. The fraction of sp³-hybridized carbons (Fsp3) is 0.897. The molecule has 0 aromatic carbocycles. The Balaban J connectivity index is 3.37. The first-order valence-electron chi connectivity index (χ1n) is 38.0. The van der Waals surface area contributed by atoms with Crippen molar-refractivity contribution in [1.82, 2.24) is 0 Å². The Labute approximate surface area is 520 Å². The smallest absolute Gasteiger partial charge is 0.306 e. The molecule has 0 radical (unpaired) electrons. The van der Waals surface area contributed by atoms with E-state index in [0.717, 1.165) is 44.9 Å². The molecule has 1 unspecified atom stereocenters. The summed E-state index contributed by atoms with van der Waals surface area (Å²) >= 11 is 0. The molecule has 0 aromatic heterocycles. The number of carbonyl (C=O) groups is 2. The van der Waals surface area contributed by atoms with E-state index in [9.17, 15) is 14.7 Å². The zero-order valence-electron chi connectivity index (χ0n) is 56.5. The predicted molar refractivity (Wildman–Crippen MR) is 367 cm³/mol. The van der Waals surface area contributed by atoms with E-state index in [4.69, 9.17) is 9.47 Å². The summed E-state index contributed by atoms with van der Waals surface area (Å²) in [5.74, 6) is -0.565. The van der Waals surface area contributed by atoms with E-state index in [1.54, 1.807) is 0 Å². The van der Waals surface area contributed by atoms with Crippen LogP contribution >= 0.6 is 0 Å². The fourth-order valence-corrected chi connectivity index (χ4v) is 12.0. The largest absolute Gasteiger partial charge is 0.462 e. The van der Waals surface area contributed by atoms with E-state index in [1.807, 2.05) is 0 Å². The lowest BCUT2D eigenvalue weighted by atomic mass is 10.0. The second-order valence-electron chi connectivity index (χ2n) is 26.1. The molecule has 0 fully saturated rings. The molecule has 0 aliphatic rings. The first-order valence-corrected chi connectivity index (χ1v) is 38.0. The highest BCUT2D eigenvalue weighted by Gasteiger charge is 2.16. The summed E-state index contributed by atoms with van der Waals surface area (Å²) in [6.07, 6.45) is 99.4. The summed E-state index contributed by atoms with van der Waals surface area (Å²) in [7, 11) is 0. The molecule has 0 aromatic rings. The molecule has 5 nitrogen and oxygen atoms in total. The van der Waals surface area contributed by atoms with Crippen LogP contribution in [0.5, 0.6) is 0 Å². The van der Waals surface area contributed by atoms with Crippen molar-refractivity contribution in [1.29, 1.82) is 0 Å². The van der Waals surface area contributed by atoms with Crippen molar-refractivity contribution in [3.8, 4) is 0 Å². The molecule has 0 saturated heterocycles. The van der Waals surface area contributed by atoms with Crippen LogP contribution < -0.4 is 0 Å². The van der Waals surface area contributed by atoms with Crippen LogP contribution in [0.1, 0.15) is 431 Å². The van der Waals surface area contributed by atoms with Gasteiger partial charge in [0, 0.05) is 12.8 Å². The average molecular weight is 1170 g/mol. The van der Waals surface area contributed by atoms with Gasteiger partial charge in [0.2, 0.25) is 0 Å². The zero-order valence-corrected chi connectivity index (χ0v) is 56.5. The van der Waals surface area contributed by atoms with E-state index in [2.05, 4.69) is 50.3 Å². The molecule has 0 bridgehead atoms. The van der Waals surface area contributed by atoms with Crippen LogP contribution in [0, 0.1) is 0 Å². The third-order valence-electron chi connectivity index (χ3n) is 17.7. The number of aliphatic hydroxyl groups excluding tert-OH is 1. The van der Waals surface area contributed by atoms with Gasteiger partial charge in [-0.3, -0.25) is 9.59 Å². The van der Waals surface area contributed by atoms with E-state index >= 15 is 0 Å². The van der Waals surface area contributed by atoms with E-state index < -0.39 is 6.10 Å². The van der Waals surface area contributed by atoms with Gasteiger partial charge in [-0.05, 0) is 51.4 Å². The topological polar surface area (TPSA) is 72.8 Å². The van der Waals surface area contributed by atoms with Crippen LogP contribution in [-0.4, -0.2) is 36.4 Å². The monoisotopic (exact) mass is 1170 g/mol. The number of esters is 2. The lowest BCUT2D eigenvalue weighted by Crippen LogP contribution is -2.28. The summed E-state index contributed by atoms with van der Waals surface area (Å²) in [6, 6.07) is 0. The van der Waals surface area contributed by atoms with Crippen LogP contribution in [-0.2, 0) is 19.1 Å². The standard InChI is InChI=1S/C78H148O5/c1-3-5-7-9-11-13-15-17-19-21-23-25-27-29-31-33-35-36-37-38-39-40-41-43-44-46-48-50-52-54-56-58-60-62-64-66-68-70-72-77(80)82-75-76(74-79)83-78(81)73-71-69-67-65-63-61-59-57-55-53-51-49-47-45-42-34-32-30-28-26-24-22-20-18-16-14-12-10-8-6-4-2/h16,18,22,24,28,30,76,79H,3-15,17,19-21,23,25-27,29,31-75H2,1-2H3/b18-16-,24-22-,30-28-. The molecule has 0 saturated carbocycles. The molecule has 83 heavy (non-hydrogen) atoms. The summed E-state index contributed by atoms with van der Waals surface area (Å²) in [4.78, 5) is 24.7. The van der Waals surface area contributed by atoms with E-state index in [0.29, 0.717) is 12.8 Å². The SMILES string of the molecule is CCCCCCC/C=C\C/C=C\C/C=C\CCCCCCCCCCCCCCCCCCC(=O)OC(CO)COC(=O)CCCCCCCCCCCCCCCCCCCCCCCCCCCCCCCCCCCCCCCC. The molecular weight excluding hydrogens is 1020 g/mol. The molecule has 0 aliphatic heterocycles. The van der Waals surface area contributed by atoms with Gasteiger partial charge in [-0.15, -0.1) is 0 Å². The lowest BCUT2D eigenvalue weighted by molar-refractivity contribution is -0.161. The molecule has 0 amide bonds. The van der Waals surface area contributed by atoms with Gasteiger partial charge >= 0.3 is 11.9 Å². The van der Waals surface area contributed by atoms with Crippen molar-refractivity contribution < 1.29 is 24.2 Å². The number of hydrogen-bond donors (Lipinski definition) is 1. The normalized spacial score (nSPS) is 12.3. The highest BCUT2D eigenvalue weighted by Crippen LogP contribution is 2.20. The van der Waals surface area contributed by atoms with Crippen molar-refractivity contribution >= 4 is 11.9 Å². The summed E-state index contributed by atoms with van der Waals surface area (Å²) in [6.45, 7) is 4.20. The number of ether oxygens (including phenoxy) is 2. The van der Waals surface area contributed by atoms with Gasteiger partial charge in [-0.2, -0.15) is 0 Å². The first-order chi connectivity index (χ1) is 41.1. The Morgan fingerprint density at radius 1 is 0.277 bits per heavy atom. The molecule has 0 rings (SSSR count). The maximum absolute atomic E-state index is 12.4. The third-order valence-corrected chi connectivity index (χ3v) is 17.7. The molecule has 490 valence electrons.